The maximum Gasteiger partial charge on any atom is 0.331 e. The minimum absolute atomic E-state index is 0.0270. The smallest absolute Gasteiger partial charge is 0.331 e. The van der Waals surface area contributed by atoms with Crippen LogP contribution >= 0.6 is 0 Å². The SMILES string of the molecule is CCn1cc(/C=C2/C(=O)NC(=O)N(C3CCCCC3)C2=O)c2ccccc21. The molecule has 0 spiro atoms. The number of benzene rings is 1. The number of carbonyl (C=O) groups is 3. The van der Waals surface area contributed by atoms with Gasteiger partial charge in [0.25, 0.3) is 11.8 Å². The Morgan fingerprint density at radius 2 is 1.85 bits per heavy atom. The molecule has 4 rings (SSSR count). The number of aromatic nitrogens is 1. The first kappa shape index (κ1) is 17.5. The molecule has 2 aliphatic rings. The number of para-hydroxylation sites is 1. The predicted molar refractivity (Wildman–Crippen MR) is 103 cm³/mol. The summed E-state index contributed by atoms with van der Waals surface area (Å²) in [6.07, 6.45) is 8.29. The summed E-state index contributed by atoms with van der Waals surface area (Å²) in [5.41, 5.74) is 1.89. The van der Waals surface area contributed by atoms with Crippen LogP contribution in [0.25, 0.3) is 17.0 Å². The fourth-order valence-electron chi connectivity index (χ4n) is 4.15. The van der Waals surface area contributed by atoms with E-state index >= 15 is 0 Å². The standard InChI is InChI=1S/C21H23N3O3/c1-2-23-13-14(16-10-6-7-11-18(16)23)12-17-19(25)22-21(27)24(20(17)26)15-8-4-3-5-9-15/h6-7,10-13,15H,2-5,8-9H2,1H3,(H,22,25,27)/b17-12-. The molecule has 0 unspecified atom stereocenters. The summed E-state index contributed by atoms with van der Waals surface area (Å²) in [4.78, 5) is 39.0. The Labute approximate surface area is 157 Å². The van der Waals surface area contributed by atoms with Crippen molar-refractivity contribution in [1.82, 2.24) is 14.8 Å². The van der Waals surface area contributed by atoms with Gasteiger partial charge in [-0.25, -0.2) is 4.79 Å². The number of nitrogens with one attached hydrogen (secondary N) is 1. The van der Waals surface area contributed by atoms with E-state index in [4.69, 9.17) is 0 Å². The summed E-state index contributed by atoms with van der Waals surface area (Å²) in [7, 11) is 0. The Bertz CT molecular complexity index is 951. The van der Waals surface area contributed by atoms with Crippen LogP contribution in [0.3, 0.4) is 0 Å². The van der Waals surface area contributed by atoms with Crippen molar-refractivity contribution in [3.05, 3.63) is 41.6 Å². The molecule has 1 N–H and O–H groups in total. The zero-order chi connectivity index (χ0) is 19.0. The molecule has 2 fully saturated rings. The molecule has 6 heteroatoms. The Hall–Kier alpha value is -2.89. The zero-order valence-corrected chi connectivity index (χ0v) is 15.4. The van der Waals surface area contributed by atoms with Gasteiger partial charge in [-0.15, -0.1) is 0 Å². The topological polar surface area (TPSA) is 71.4 Å². The molecule has 140 valence electrons. The van der Waals surface area contributed by atoms with Gasteiger partial charge in [-0.1, -0.05) is 37.5 Å². The normalized spacial score (nSPS) is 20.6. The van der Waals surface area contributed by atoms with Gasteiger partial charge in [0.05, 0.1) is 0 Å². The molecule has 1 aromatic carbocycles. The summed E-state index contributed by atoms with van der Waals surface area (Å²) in [6, 6.07) is 7.17. The van der Waals surface area contributed by atoms with Gasteiger partial charge < -0.3 is 4.57 Å². The van der Waals surface area contributed by atoms with Crippen LogP contribution in [0, 0.1) is 0 Å². The number of aryl methyl sites for hydroxylation is 1. The lowest BCUT2D eigenvalue weighted by molar-refractivity contribution is -0.132. The maximum absolute atomic E-state index is 13.0. The molecule has 1 aliphatic carbocycles. The number of barbiturate groups is 1. The van der Waals surface area contributed by atoms with Crippen LogP contribution in [-0.2, 0) is 16.1 Å². The van der Waals surface area contributed by atoms with Crippen LogP contribution in [0.5, 0.6) is 0 Å². The highest BCUT2D eigenvalue weighted by atomic mass is 16.2. The highest BCUT2D eigenvalue weighted by Crippen LogP contribution is 2.28. The van der Waals surface area contributed by atoms with Gasteiger partial charge in [-0.2, -0.15) is 0 Å². The molecule has 0 bridgehead atoms. The van der Waals surface area contributed by atoms with E-state index in [9.17, 15) is 14.4 Å². The fourth-order valence-corrected chi connectivity index (χ4v) is 4.15. The van der Waals surface area contributed by atoms with Crippen LogP contribution in [0.2, 0.25) is 0 Å². The van der Waals surface area contributed by atoms with E-state index < -0.39 is 17.8 Å². The number of carbonyl (C=O) groups excluding carboxylic acids is 3. The number of urea groups is 1. The summed E-state index contributed by atoms with van der Waals surface area (Å²) >= 11 is 0. The third-order valence-electron chi connectivity index (χ3n) is 5.53. The highest BCUT2D eigenvalue weighted by molar-refractivity contribution is 6.31. The van der Waals surface area contributed by atoms with Gasteiger partial charge in [0, 0.05) is 35.2 Å². The predicted octanol–water partition coefficient (Wildman–Crippen LogP) is 3.46. The van der Waals surface area contributed by atoms with E-state index in [-0.39, 0.29) is 11.6 Å². The molecule has 1 saturated heterocycles. The first-order valence-corrected chi connectivity index (χ1v) is 9.58. The van der Waals surface area contributed by atoms with Crippen molar-refractivity contribution in [3.63, 3.8) is 0 Å². The van der Waals surface area contributed by atoms with Crippen LogP contribution in [0.4, 0.5) is 4.79 Å². The average molecular weight is 365 g/mol. The first-order chi connectivity index (χ1) is 13.1. The minimum atomic E-state index is -0.620. The number of imide groups is 2. The van der Waals surface area contributed by atoms with E-state index in [2.05, 4.69) is 9.88 Å². The van der Waals surface area contributed by atoms with Gasteiger partial charge in [0.15, 0.2) is 0 Å². The van der Waals surface area contributed by atoms with Gasteiger partial charge in [-0.3, -0.25) is 19.8 Å². The second-order valence-electron chi connectivity index (χ2n) is 7.17. The number of hydrogen-bond acceptors (Lipinski definition) is 3. The molecule has 4 amide bonds. The van der Waals surface area contributed by atoms with E-state index in [1.54, 1.807) is 6.08 Å². The fraction of sp³-hybridized carbons (Fsp3) is 0.381. The molecular formula is C21H23N3O3. The zero-order valence-electron chi connectivity index (χ0n) is 15.4. The first-order valence-electron chi connectivity index (χ1n) is 9.58. The van der Waals surface area contributed by atoms with Crippen molar-refractivity contribution in [2.45, 2.75) is 51.6 Å². The second-order valence-corrected chi connectivity index (χ2v) is 7.17. The third kappa shape index (κ3) is 3.05. The van der Waals surface area contributed by atoms with Crippen LogP contribution in [0.15, 0.2) is 36.0 Å². The lowest BCUT2D eigenvalue weighted by Crippen LogP contribution is -2.58. The van der Waals surface area contributed by atoms with Crippen molar-refractivity contribution < 1.29 is 14.4 Å². The largest absolute Gasteiger partial charge is 0.347 e. The molecule has 6 nitrogen and oxygen atoms in total. The van der Waals surface area contributed by atoms with E-state index in [1.165, 1.54) is 4.90 Å². The van der Waals surface area contributed by atoms with Crippen LogP contribution in [-0.4, -0.2) is 33.4 Å². The quantitative estimate of drug-likeness (QED) is 0.669. The molecule has 0 radical (unpaired) electrons. The molecule has 1 aromatic heterocycles. The van der Waals surface area contributed by atoms with Crippen molar-refractivity contribution in [2.24, 2.45) is 0 Å². The molecule has 1 saturated carbocycles. The molecule has 27 heavy (non-hydrogen) atoms. The summed E-state index contributed by atoms with van der Waals surface area (Å²) < 4.78 is 2.08. The van der Waals surface area contributed by atoms with Gasteiger partial charge in [0.2, 0.25) is 0 Å². The van der Waals surface area contributed by atoms with Gasteiger partial charge in [0.1, 0.15) is 5.57 Å². The third-order valence-corrected chi connectivity index (χ3v) is 5.53. The van der Waals surface area contributed by atoms with Crippen molar-refractivity contribution in [1.29, 1.82) is 0 Å². The summed E-state index contributed by atoms with van der Waals surface area (Å²) in [5.74, 6) is -1.10. The monoisotopic (exact) mass is 365 g/mol. The van der Waals surface area contributed by atoms with E-state index in [1.807, 2.05) is 37.4 Å². The molecule has 0 atom stereocenters. The molecule has 2 heterocycles. The lowest BCUT2D eigenvalue weighted by atomic mass is 9.93. The minimum Gasteiger partial charge on any atom is -0.347 e. The maximum atomic E-state index is 13.0. The molecule has 1 aliphatic heterocycles. The Morgan fingerprint density at radius 3 is 2.59 bits per heavy atom. The molecule has 2 aromatic rings. The summed E-state index contributed by atoms with van der Waals surface area (Å²) in [6.45, 7) is 2.84. The second kappa shape index (κ2) is 7.02. The number of amides is 4. The number of fused-ring (bicyclic) bond motifs is 1. The van der Waals surface area contributed by atoms with Crippen LogP contribution in [0.1, 0.15) is 44.6 Å². The Morgan fingerprint density at radius 1 is 1.11 bits per heavy atom. The molecular weight excluding hydrogens is 342 g/mol. The number of hydrogen-bond donors (Lipinski definition) is 1. The Kier molecular flexibility index (Phi) is 4.56. The number of rotatable bonds is 3. The van der Waals surface area contributed by atoms with E-state index in [0.717, 1.165) is 55.1 Å². The summed E-state index contributed by atoms with van der Waals surface area (Å²) in [5, 5.41) is 3.33. The lowest BCUT2D eigenvalue weighted by Gasteiger charge is -2.35. The van der Waals surface area contributed by atoms with E-state index in [0.29, 0.717) is 0 Å². The Balaban J connectivity index is 1.74. The van der Waals surface area contributed by atoms with Gasteiger partial charge in [-0.05, 0) is 31.9 Å². The average Bonchev–Trinajstić information content (AvgIpc) is 3.04. The van der Waals surface area contributed by atoms with Crippen molar-refractivity contribution in [3.8, 4) is 0 Å². The number of nitrogens with zero attached hydrogens (tertiary/aromatic N) is 2. The van der Waals surface area contributed by atoms with Crippen LogP contribution < -0.4 is 5.32 Å². The highest BCUT2D eigenvalue weighted by Gasteiger charge is 2.40. The van der Waals surface area contributed by atoms with Crippen molar-refractivity contribution >= 4 is 34.8 Å². The van der Waals surface area contributed by atoms with Crippen molar-refractivity contribution in [2.75, 3.05) is 0 Å². The van der Waals surface area contributed by atoms with Gasteiger partial charge >= 0.3 is 6.03 Å².